The highest BCUT2D eigenvalue weighted by atomic mass is 19.4. The largest absolute Gasteiger partial charge is 0.416 e. The standard InChI is InChI=1S/C23H16F6N8O/c24-22(25,26)9-31-20(38)14-8-37-18(19(30)32-10-33-37)17(14)11-1-4-13(5-2-11)34-21-35-15-6-3-12(23(27,28)29)7-16(15)36-21/h1-8,10H,9H2,(H,31,38)(H2,30,32,33)(H2,34,35,36). The fourth-order valence-electron chi connectivity index (χ4n) is 3.88. The zero-order chi connectivity index (χ0) is 27.2. The summed E-state index contributed by atoms with van der Waals surface area (Å²) in [6.07, 6.45) is -6.71. The molecule has 0 fully saturated rings. The average Bonchev–Trinajstić information content (AvgIpc) is 3.43. The molecule has 196 valence electrons. The number of hydrogen-bond donors (Lipinski definition) is 4. The third kappa shape index (κ3) is 4.89. The van der Waals surface area contributed by atoms with E-state index >= 15 is 0 Å². The van der Waals surface area contributed by atoms with Gasteiger partial charge in [0.05, 0.1) is 22.2 Å². The molecule has 2 aromatic carbocycles. The van der Waals surface area contributed by atoms with E-state index in [1.807, 2.05) is 5.32 Å². The first kappa shape index (κ1) is 24.9. The number of amides is 1. The van der Waals surface area contributed by atoms with Crippen LogP contribution >= 0.6 is 0 Å². The van der Waals surface area contributed by atoms with Gasteiger partial charge in [0.1, 0.15) is 18.4 Å². The third-order valence-corrected chi connectivity index (χ3v) is 5.54. The first-order chi connectivity index (χ1) is 17.9. The van der Waals surface area contributed by atoms with Crippen molar-refractivity contribution in [3.05, 3.63) is 66.1 Å². The molecule has 0 saturated heterocycles. The molecule has 0 atom stereocenters. The summed E-state index contributed by atoms with van der Waals surface area (Å²) in [6, 6.07) is 9.46. The summed E-state index contributed by atoms with van der Waals surface area (Å²) in [5.74, 6) is -0.788. The third-order valence-electron chi connectivity index (χ3n) is 5.54. The second kappa shape index (κ2) is 8.93. The van der Waals surface area contributed by atoms with Gasteiger partial charge >= 0.3 is 12.4 Å². The molecule has 0 aliphatic rings. The van der Waals surface area contributed by atoms with Crippen LogP contribution in [0.15, 0.2) is 55.0 Å². The minimum Gasteiger partial charge on any atom is -0.382 e. The van der Waals surface area contributed by atoms with Gasteiger partial charge in [0.2, 0.25) is 5.95 Å². The molecule has 5 aromatic rings. The Bertz CT molecular complexity index is 1650. The van der Waals surface area contributed by atoms with Gasteiger partial charge in [0.25, 0.3) is 5.91 Å². The summed E-state index contributed by atoms with van der Waals surface area (Å²) in [5, 5.41) is 8.76. The predicted molar refractivity (Wildman–Crippen MR) is 126 cm³/mol. The van der Waals surface area contributed by atoms with Crippen molar-refractivity contribution >= 4 is 39.9 Å². The van der Waals surface area contributed by atoms with E-state index in [-0.39, 0.29) is 33.9 Å². The number of nitrogens with zero attached hydrogens (tertiary/aromatic N) is 4. The lowest BCUT2D eigenvalue weighted by atomic mass is 10.0. The van der Waals surface area contributed by atoms with Crippen molar-refractivity contribution in [2.75, 3.05) is 17.6 Å². The molecular formula is C23H16F6N8O. The summed E-state index contributed by atoms with van der Waals surface area (Å²) in [4.78, 5) is 23.5. The maximum atomic E-state index is 13.0. The lowest BCUT2D eigenvalue weighted by Crippen LogP contribution is -2.33. The topological polar surface area (TPSA) is 126 Å². The first-order valence-corrected chi connectivity index (χ1v) is 10.8. The van der Waals surface area contributed by atoms with Gasteiger partial charge in [-0.1, -0.05) is 12.1 Å². The van der Waals surface area contributed by atoms with Crippen molar-refractivity contribution in [2.45, 2.75) is 12.4 Å². The Morgan fingerprint density at radius 1 is 1.05 bits per heavy atom. The molecular weight excluding hydrogens is 518 g/mol. The number of halogens is 6. The molecule has 3 heterocycles. The molecule has 0 unspecified atom stereocenters. The van der Waals surface area contributed by atoms with E-state index in [2.05, 4.69) is 25.4 Å². The Kier molecular flexibility index (Phi) is 5.84. The Morgan fingerprint density at radius 2 is 1.79 bits per heavy atom. The van der Waals surface area contributed by atoms with E-state index in [0.29, 0.717) is 16.8 Å². The lowest BCUT2D eigenvalue weighted by Gasteiger charge is -2.10. The summed E-state index contributed by atoms with van der Waals surface area (Å²) in [7, 11) is 0. The summed E-state index contributed by atoms with van der Waals surface area (Å²) in [6.45, 7) is -1.52. The maximum absolute atomic E-state index is 13.0. The number of rotatable bonds is 5. The van der Waals surface area contributed by atoms with Crippen LogP contribution in [-0.2, 0) is 6.18 Å². The van der Waals surface area contributed by atoms with E-state index < -0.39 is 30.4 Å². The van der Waals surface area contributed by atoms with E-state index in [9.17, 15) is 31.1 Å². The zero-order valence-electron chi connectivity index (χ0n) is 18.9. The van der Waals surface area contributed by atoms with Gasteiger partial charge in [0, 0.05) is 17.4 Å². The highest BCUT2D eigenvalue weighted by Gasteiger charge is 2.31. The second-order valence-electron chi connectivity index (χ2n) is 8.17. The van der Waals surface area contributed by atoms with Gasteiger partial charge in [-0.3, -0.25) is 4.79 Å². The highest BCUT2D eigenvalue weighted by Crippen LogP contribution is 2.34. The van der Waals surface area contributed by atoms with Gasteiger partial charge in [-0.15, -0.1) is 0 Å². The predicted octanol–water partition coefficient (Wildman–Crippen LogP) is 4.91. The van der Waals surface area contributed by atoms with Crippen molar-refractivity contribution in [1.29, 1.82) is 0 Å². The highest BCUT2D eigenvalue weighted by molar-refractivity contribution is 6.07. The van der Waals surface area contributed by atoms with Gasteiger partial charge in [-0.2, -0.15) is 31.4 Å². The minimum absolute atomic E-state index is 0.00701. The van der Waals surface area contributed by atoms with Crippen LogP contribution < -0.4 is 16.4 Å². The van der Waals surface area contributed by atoms with E-state index in [0.717, 1.165) is 18.5 Å². The number of nitrogen functional groups attached to an aromatic ring is 1. The van der Waals surface area contributed by atoms with Crippen LogP contribution in [0.1, 0.15) is 15.9 Å². The van der Waals surface area contributed by atoms with Crippen molar-refractivity contribution < 1.29 is 31.1 Å². The first-order valence-electron chi connectivity index (χ1n) is 10.8. The second-order valence-corrected chi connectivity index (χ2v) is 8.17. The monoisotopic (exact) mass is 534 g/mol. The van der Waals surface area contributed by atoms with Crippen LogP contribution in [0.3, 0.4) is 0 Å². The fraction of sp³-hybridized carbons (Fsp3) is 0.130. The fourth-order valence-corrected chi connectivity index (χ4v) is 3.88. The number of nitrogens with two attached hydrogens (primary N) is 1. The van der Waals surface area contributed by atoms with Crippen molar-refractivity contribution in [3.8, 4) is 11.1 Å². The molecule has 0 aliphatic carbocycles. The van der Waals surface area contributed by atoms with Gasteiger partial charge < -0.3 is 21.4 Å². The summed E-state index contributed by atoms with van der Waals surface area (Å²) < 4.78 is 78.2. The number of carbonyl (C=O) groups excluding carboxylic acids is 1. The number of benzene rings is 2. The summed E-state index contributed by atoms with van der Waals surface area (Å²) >= 11 is 0. The minimum atomic E-state index is -4.61. The number of alkyl halides is 6. The molecule has 38 heavy (non-hydrogen) atoms. The Hall–Kier alpha value is -4.82. The number of H-pyrrole nitrogens is 1. The number of aromatic nitrogens is 5. The Labute approximate surface area is 208 Å². The summed E-state index contributed by atoms with van der Waals surface area (Å²) in [5.41, 5.74) is 6.93. The number of hydrogen-bond acceptors (Lipinski definition) is 6. The maximum Gasteiger partial charge on any atom is 0.416 e. The molecule has 0 spiro atoms. The van der Waals surface area contributed by atoms with Crippen LogP contribution in [0.5, 0.6) is 0 Å². The molecule has 1 amide bonds. The zero-order valence-corrected chi connectivity index (χ0v) is 18.9. The molecule has 0 aliphatic heterocycles. The number of nitrogens with one attached hydrogen (secondary N) is 3. The molecule has 0 bridgehead atoms. The number of aromatic amines is 1. The number of anilines is 3. The van der Waals surface area contributed by atoms with Crippen LogP contribution in [0, 0.1) is 0 Å². The quantitative estimate of drug-likeness (QED) is 0.238. The lowest BCUT2D eigenvalue weighted by molar-refractivity contribution is -0.137. The van der Waals surface area contributed by atoms with Gasteiger partial charge in [-0.05, 0) is 35.9 Å². The van der Waals surface area contributed by atoms with Crippen molar-refractivity contribution in [3.63, 3.8) is 0 Å². The molecule has 15 heteroatoms. The Morgan fingerprint density at radius 3 is 2.47 bits per heavy atom. The van der Waals surface area contributed by atoms with E-state index in [4.69, 9.17) is 5.73 Å². The normalized spacial score (nSPS) is 12.3. The van der Waals surface area contributed by atoms with Crippen LogP contribution in [0.25, 0.3) is 27.7 Å². The molecule has 0 radical (unpaired) electrons. The molecule has 5 N–H and O–H groups in total. The SMILES string of the molecule is Nc1ncnn2cc(C(=O)NCC(F)(F)F)c(-c3ccc(Nc4nc5ccc(C(F)(F)F)cc5[nH]4)cc3)c12. The van der Waals surface area contributed by atoms with Crippen molar-refractivity contribution in [2.24, 2.45) is 0 Å². The van der Waals surface area contributed by atoms with Crippen LogP contribution in [0.4, 0.5) is 43.8 Å². The smallest absolute Gasteiger partial charge is 0.382 e. The Balaban J connectivity index is 1.46. The number of fused-ring (bicyclic) bond motifs is 2. The molecule has 9 nitrogen and oxygen atoms in total. The van der Waals surface area contributed by atoms with Gasteiger partial charge in [-0.25, -0.2) is 14.5 Å². The molecule has 0 saturated carbocycles. The van der Waals surface area contributed by atoms with E-state index in [1.165, 1.54) is 16.8 Å². The molecule has 5 rings (SSSR count). The average molecular weight is 534 g/mol. The number of carbonyl (C=O) groups is 1. The molecule has 3 aromatic heterocycles. The van der Waals surface area contributed by atoms with Crippen molar-refractivity contribution in [1.82, 2.24) is 29.9 Å². The van der Waals surface area contributed by atoms with Crippen LogP contribution in [0.2, 0.25) is 0 Å². The van der Waals surface area contributed by atoms with Gasteiger partial charge in [0.15, 0.2) is 5.82 Å². The van der Waals surface area contributed by atoms with Crippen LogP contribution in [-0.4, -0.2) is 43.2 Å². The van der Waals surface area contributed by atoms with E-state index in [1.54, 1.807) is 24.3 Å². The number of imidazole rings is 1.